The lowest BCUT2D eigenvalue weighted by molar-refractivity contribution is 0.0763. The fraction of sp³-hybridized carbons (Fsp3) is 0.333. The summed E-state index contributed by atoms with van der Waals surface area (Å²) in [5.74, 6) is -0.125. The van der Waals surface area contributed by atoms with Crippen LogP contribution in [0.3, 0.4) is 0 Å². The van der Waals surface area contributed by atoms with Gasteiger partial charge in [0.25, 0.3) is 5.91 Å². The lowest BCUT2D eigenvalue weighted by Gasteiger charge is -2.16. The third-order valence-corrected chi connectivity index (χ3v) is 3.11. The maximum absolute atomic E-state index is 12.2. The van der Waals surface area contributed by atoms with Crippen molar-refractivity contribution in [3.8, 4) is 11.3 Å². The minimum absolute atomic E-state index is 0.125. The highest BCUT2D eigenvalue weighted by atomic mass is 16.3. The quantitative estimate of drug-likeness (QED) is 0.874. The van der Waals surface area contributed by atoms with Crippen molar-refractivity contribution in [1.82, 2.24) is 15.1 Å². The molecular weight excluding hydrogens is 254 g/mol. The summed E-state index contributed by atoms with van der Waals surface area (Å²) in [6.07, 6.45) is 0.147. The molecule has 0 saturated heterocycles. The third-order valence-electron chi connectivity index (χ3n) is 3.11. The molecule has 1 atom stereocenters. The molecule has 0 aliphatic carbocycles. The fourth-order valence-corrected chi connectivity index (χ4v) is 1.88. The number of nitrogens with one attached hydrogen (secondary N) is 1. The van der Waals surface area contributed by atoms with E-state index >= 15 is 0 Å². The van der Waals surface area contributed by atoms with Crippen molar-refractivity contribution >= 4 is 5.91 Å². The second-order valence-electron chi connectivity index (χ2n) is 4.90. The van der Waals surface area contributed by atoms with Crippen molar-refractivity contribution < 1.29 is 9.90 Å². The number of hydrogen-bond donors (Lipinski definition) is 2. The molecular formula is C15H19N3O2. The summed E-state index contributed by atoms with van der Waals surface area (Å²) in [5.41, 5.74) is 2.17. The summed E-state index contributed by atoms with van der Waals surface area (Å²) in [4.78, 5) is 13.8. The molecule has 0 spiro atoms. The van der Waals surface area contributed by atoms with Crippen molar-refractivity contribution in [2.24, 2.45) is 0 Å². The standard InChI is InChI=1S/C15H19N3O2/c1-11(19)8-9-18(2)15(20)14-10-13(16-17-14)12-6-4-3-5-7-12/h3-7,10-11,19H,8-9H2,1-2H3,(H,16,17). The highest BCUT2D eigenvalue weighted by Gasteiger charge is 2.15. The summed E-state index contributed by atoms with van der Waals surface area (Å²) < 4.78 is 0. The number of carbonyl (C=O) groups excluding carboxylic acids is 1. The molecule has 1 amide bonds. The third kappa shape index (κ3) is 3.45. The van der Waals surface area contributed by atoms with Crippen LogP contribution in [0.4, 0.5) is 0 Å². The predicted octanol–water partition coefficient (Wildman–Crippen LogP) is 1.92. The summed E-state index contributed by atoms with van der Waals surface area (Å²) >= 11 is 0. The van der Waals surface area contributed by atoms with Crippen molar-refractivity contribution in [3.63, 3.8) is 0 Å². The summed E-state index contributed by atoms with van der Waals surface area (Å²) in [7, 11) is 1.72. The van der Waals surface area contributed by atoms with E-state index < -0.39 is 6.10 Å². The molecule has 0 bridgehead atoms. The Hall–Kier alpha value is -2.14. The van der Waals surface area contributed by atoms with Crippen LogP contribution in [0.25, 0.3) is 11.3 Å². The molecule has 2 N–H and O–H groups in total. The number of nitrogens with zero attached hydrogens (tertiary/aromatic N) is 2. The van der Waals surface area contributed by atoms with Gasteiger partial charge in [-0.15, -0.1) is 0 Å². The first-order chi connectivity index (χ1) is 9.58. The molecule has 1 unspecified atom stereocenters. The molecule has 106 valence electrons. The average Bonchev–Trinajstić information content (AvgIpc) is 2.94. The number of amides is 1. The van der Waals surface area contributed by atoms with E-state index in [9.17, 15) is 9.90 Å². The van der Waals surface area contributed by atoms with Gasteiger partial charge < -0.3 is 10.0 Å². The lowest BCUT2D eigenvalue weighted by Crippen LogP contribution is -2.29. The van der Waals surface area contributed by atoms with Crippen LogP contribution in [0.15, 0.2) is 36.4 Å². The maximum atomic E-state index is 12.2. The number of aromatic nitrogens is 2. The van der Waals surface area contributed by atoms with E-state index in [4.69, 9.17) is 0 Å². The maximum Gasteiger partial charge on any atom is 0.271 e. The van der Waals surface area contributed by atoms with E-state index in [2.05, 4.69) is 10.2 Å². The molecule has 0 saturated carbocycles. The number of aliphatic hydroxyl groups excluding tert-OH is 1. The van der Waals surface area contributed by atoms with Crippen LogP contribution in [-0.4, -0.2) is 45.8 Å². The molecule has 1 aromatic heterocycles. The number of aromatic amines is 1. The van der Waals surface area contributed by atoms with Crippen LogP contribution < -0.4 is 0 Å². The zero-order valence-corrected chi connectivity index (χ0v) is 11.7. The van der Waals surface area contributed by atoms with Gasteiger partial charge in [0.15, 0.2) is 0 Å². The Kier molecular flexibility index (Phi) is 4.53. The minimum Gasteiger partial charge on any atom is -0.393 e. The highest BCUT2D eigenvalue weighted by molar-refractivity contribution is 5.93. The molecule has 2 aromatic rings. The SMILES string of the molecule is CC(O)CCN(C)C(=O)c1cc(-c2ccccc2)n[nH]1. The smallest absolute Gasteiger partial charge is 0.271 e. The van der Waals surface area contributed by atoms with Gasteiger partial charge in [0.2, 0.25) is 0 Å². The Morgan fingerprint density at radius 1 is 1.40 bits per heavy atom. The number of carbonyl (C=O) groups is 1. The molecule has 1 heterocycles. The largest absolute Gasteiger partial charge is 0.393 e. The summed E-state index contributed by atoms with van der Waals surface area (Å²) in [6, 6.07) is 11.4. The zero-order chi connectivity index (χ0) is 14.5. The van der Waals surface area contributed by atoms with Crippen molar-refractivity contribution in [2.75, 3.05) is 13.6 Å². The summed E-state index contributed by atoms with van der Waals surface area (Å²) in [5, 5.41) is 16.2. The molecule has 0 aliphatic rings. The van der Waals surface area contributed by atoms with Crippen LogP contribution in [0.5, 0.6) is 0 Å². The number of hydrogen-bond acceptors (Lipinski definition) is 3. The molecule has 5 nitrogen and oxygen atoms in total. The Morgan fingerprint density at radius 2 is 2.10 bits per heavy atom. The van der Waals surface area contributed by atoms with E-state index in [0.29, 0.717) is 18.7 Å². The second kappa shape index (κ2) is 6.34. The van der Waals surface area contributed by atoms with Gasteiger partial charge in [-0.2, -0.15) is 5.10 Å². The van der Waals surface area contributed by atoms with E-state index in [0.717, 1.165) is 11.3 Å². The van der Waals surface area contributed by atoms with Crippen LogP contribution in [0.2, 0.25) is 0 Å². The van der Waals surface area contributed by atoms with Gasteiger partial charge in [0.05, 0.1) is 11.8 Å². The van der Waals surface area contributed by atoms with Crippen LogP contribution in [-0.2, 0) is 0 Å². The highest BCUT2D eigenvalue weighted by Crippen LogP contribution is 2.17. The lowest BCUT2D eigenvalue weighted by atomic mass is 10.1. The summed E-state index contributed by atoms with van der Waals surface area (Å²) in [6.45, 7) is 2.22. The van der Waals surface area contributed by atoms with Crippen molar-refractivity contribution in [2.45, 2.75) is 19.4 Å². The van der Waals surface area contributed by atoms with Crippen LogP contribution in [0.1, 0.15) is 23.8 Å². The monoisotopic (exact) mass is 273 g/mol. The number of H-pyrrole nitrogens is 1. The van der Waals surface area contributed by atoms with E-state index in [-0.39, 0.29) is 5.91 Å². The second-order valence-corrected chi connectivity index (χ2v) is 4.90. The Morgan fingerprint density at radius 3 is 2.75 bits per heavy atom. The van der Waals surface area contributed by atoms with Gasteiger partial charge in [0, 0.05) is 19.2 Å². The first-order valence-corrected chi connectivity index (χ1v) is 6.62. The first kappa shape index (κ1) is 14.3. The normalized spacial score (nSPS) is 12.2. The van der Waals surface area contributed by atoms with E-state index in [1.807, 2.05) is 30.3 Å². The Labute approximate surface area is 118 Å². The minimum atomic E-state index is -0.410. The van der Waals surface area contributed by atoms with Crippen LogP contribution in [0, 0.1) is 0 Å². The molecule has 5 heteroatoms. The van der Waals surface area contributed by atoms with Crippen LogP contribution >= 0.6 is 0 Å². The van der Waals surface area contributed by atoms with Crippen molar-refractivity contribution in [1.29, 1.82) is 0 Å². The number of benzene rings is 1. The number of aliphatic hydroxyl groups is 1. The van der Waals surface area contributed by atoms with E-state index in [1.54, 1.807) is 24.9 Å². The van der Waals surface area contributed by atoms with Gasteiger partial charge in [-0.3, -0.25) is 9.89 Å². The molecule has 20 heavy (non-hydrogen) atoms. The Balaban J connectivity index is 2.07. The molecule has 2 rings (SSSR count). The molecule has 0 fully saturated rings. The number of rotatable bonds is 5. The predicted molar refractivity (Wildman–Crippen MR) is 77.3 cm³/mol. The molecule has 0 radical (unpaired) electrons. The molecule has 0 aliphatic heterocycles. The van der Waals surface area contributed by atoms with Gasteiger partial charge in [-0.1, -0.05) is 30.3 Å². The fourth-order valence-electron chi connectivity index (χ4n) is 1.88. The van der Waals surface area contributed by atoms with E-state index in [1.165, 1.54) is 0 Å². The Bertz CT molecular complexity index is 564. The van der Waals surface area contributed by atoms with Gasteiger partial charge in [0.1, 0.15) is 5.69 Å². The van der Waals surface area contributed by atoms with Gasteiger partial charge in [-0.25, -0.2) is 0 Å². The van der Waals surface area contributed by atoms with Gasteiger partial charge >= 0.3 is 0 Å². The topological polar surface area (TPSA) is 69.2 Å². The first-order valence-electron chi connectivity index (χ1n) is 6.62. The van der Waals surface area contributed by atoms with Crippen molar-refractivity contribution in [3.05, 3.63) is 42.1 Å². The average molecular weight is 273 g/mol. The van der Waals surface area contributed by atoms with Gasteiger partial charge in [-0.05, 0) is 19.4 Å². The molecule has 1 aromatic carbocycles. The zero-order valence-electron chi connectivity index (χ0n) is 11.7.